The maximum absolute atomic E-state index is 2.56. The zero-order chi connectivity index (χ0) is 38.5. The van der Waals surface area contributed by atoms with Crippen molar-refractivity contribution < 1.29 is 0 Å². The summed E-state index contributed by atoms with van der Waals surface area (Å²) < 4.78 is 0. The van der Waals surface area contributed by atoms with Crippen LogP contribution in [0.15, 0.2) is 206 Å². The molecule has 3 fully saturated rings. The molecule has 8 aromatic carbocycles. The highest BCUT2D eigenvalue weighted by Gasteiger charge is 2.46. The Hall–Kier alpha value is -6.44. The molecule has 1 heteroatoms. The second-order valence-corrected chi connectivity index (χ2v) is 16.7. The van der Waals surface area contributed by atoms with Gasteiger partial charge in [0, 0.05) is 22.5 Å². The standard InChI is InChI=1S/C57H47N/c1-5-16-41(17-6-1)49-25-15-26-50(42-18-7-2-8-19-42)56(49)58(47-34-32-44(33-35-47)53-38-40-28-30-43(53)31-29-40)48-36-37-52-51-24-13-14-27-54(51)57(55(52)39-48,45-20-9-3-10-21-45)46-22-11-4-12-23-46/h1-27,32-37,39-40,43,53H,28-31,38H2. The molecule has 1 nitrogen and oxygen atoms in total. The molecule has 0 saturated heterocycles. The lowest BCUT2D eigenvalue weighted by Gasteiger charge is -2.42. The second-order valence-electron chi connectivity index (χ2n) is 16.7. The summed E-state index contributed by atoms with van der Waals surface area (Å²) in [5.74, 6) is 2.38. The molecule has 2 bridgehead atoms. The normalized spacial score (nSPS) is 18.7. The van der Waals surface area contributed by atoms with Crippen molar-refractivity contribution in [2.45, 2.75) is 43.4 Å². The molecule has 0 amide bonds. The van der Waals surface area contributed by atoms with E-state index in [0.717, 1.165) is 17.5 Å². The molecule has 58 heavy (non-hydrogen) atoms. The molecular formula is C57H47N. The minimum atomic E-state index is -0.499. The van der Waals surface area contributed by atoms with E-state index in [1.807, 2.05) is 0 Å². The van der Waals surface area contributed by atoms with E-state index in [1.54, 1.807) is 0 Å². The summed E-state index contributed by atoms with van der Waals surface area (Å²) >= 11 is 0. The van der Waals surface area contributed by atoms with E-state index >= 15 is 0 Å². The fourth-order valence-corrected chi connectivity index (χ4v) is 11.1. The number of fused-ring (bicyclic) bond motifs is 6. The average Bonchev–Trinajstić information content (AvgIpc) is 3.61. The van der Waals surface area contributed by atoms with Crippen LogP contribution in [0.1, 0.15) is 65.8 Å². The van der Waals surface area contributed by atoms with Crippen LogP contribution in [-0.2, 0) is 5.41 Å². The predicted molar refractivity (Wildman–Crippen MR) is 242 cm³/mol. The molecule has 3 saturated carbocycles. The van der Waals surface area contributed by atoms with Gasteiger partial charge in [-0.15, -0.1) is 0 Å². The Morgan fingerprint density at radius 3 is 1.47 bits per heavy atom. The van der Waals surface area contributed by atoms with Gasteiger partial charge >= 0.3 is 0 Å². The molecule has 12 rings (SSSR count). The van der Waals surface area contributed by atoms with Crippen molar-refractivity contribution in [3.8, 4) is 33.4 Å². The van der Waals surface area contributed by atoms with Crippen molar-refractivity contribution in [3.05, 3.63) is 234 Å². The van der Waals surface area contributed by atoms with Crippen LogP contribution in [-0.4, -0.2) is 0 Å². The van der Waals surface area contributed by atoms with E-state index in [9.17, 15) is 0 Å². The molecule has 0 spiro atoms. The van der Waals surface area contributed by atoms with Crippen LogP contribution < -0.4 is 4.90 Å². The molecule has 1 unspecified atom stereocenters. The number of hydrogen-bond donors (Lipinski definition) is 0. The summed E-state index contributed by atoms with van der Waals surface area (Å²) in [5.41, 5.74) is 17.1. The highest BCUT2D eigenvalue weighted by molar-refractivity contribution is 5.98. The van der Waals surface area contributed by atoms with Gasteiger partial charge < -0.3 is 4.90 Å². The van der Waals surface area contributed by atoms with Gasteiger partial charge in [-0.2, -0.15) is 0 Å². The zero-order valence-corrected chi connectivity index (χ0v) is 32.8. The van der Waals surface area contributed by atoms with Gasteiger partial charge in [0.1, 0.15) is 0 Å². The lowest BCUT2D eigenvalue weighted by Crippen LogP contribution is -2.29. The van der Waals surface area contributed by atoms with Crippen LogP contribution in [0.5, 0.6) is 0 Å². The third-order valence-corrected chi connectivity index (χ3v) is 13.8. The largest absolute Gasteiger partial charge is 0.309 e. The summed E-state index contributed by atoms with van der Waals surface area (Å²) in [6.45, 7) is 0. The Kier molecular flexibility index (Phi) is 8.69. The Morgan fingerprint density at radius 1 is 0.397 bits per heavy atom. The summed E-state index contributed by atoms with van der Waals surface area (Å²) in [5, 5.41) is 0. The molecule has 0 aliphatic heterocycles. The maximum atomic E-state index is 2.56. The minimum absolute atomic E-state index is 0.499. The molecule has 8 aromatic rings. The monoisotopic (exact) mass is 745 g/mol. The van der Waals surface area contributed by atoms with Gasteiger partial charge in [0.25, 0.3) is 0 Å². The van der Waals surface area contributed by atoms with Crippen LogP contribution in [0, 0.1) is 11.8 Å². The van der Waals surface area contributed by atoms with Gasteiger partial charge in [-0.25, -0.2) is 0 Å². The summed E-state index contributed by atoms with van der Waals surface area (Å²) in [4.78, 5) is 2.56. The fourth-order valence-electron chi connectivity index (χ4n) is 11.1. The van der Waals surface area contributed by atoms with Gasteiger partial charge in [0.05, 0.1) is 11.1 Å². The van der Waals surface area contributed by atoms with Gasteiger partial charge in [0.15, 0.2) is 0 Å². The molecule has 4 aliphatic rings. The van der Waals surface area contributed by atoms with Crippen molar-refractivity contribution in [2.24, 2.45) is 11.8 Å². The van der Waals surface area contributed by atoms with E-state index in [-0.39, 0.29) is 0 Å². The Morgan fingerprint density at radius 2 is 0.897 bits per heavy atom. The number of para-hydroxylation sites is 1. The SMILES string of the molecule is c1ccc(-c2cccc(-c3ccccc3)c2N(c2ccc(C3CC4CCC3CC4)cc2)c2ccc3c(c2)C(c2ccccc2)(c2ccccc2)c2ccccc2-3)cc1. The van der Waals surface area contributed by atoms with E-state index in [2.05, 4.69) is 211 Å². The highest BCUT2D eigenvalue weighted by atomic mass is 15.1. The first kappa shape index (κ1) is 34.8. The number of benzene rings is 8. The Bertz CT molecular complexity index is 2590. The summed E-state index contributed by atoms with van der Waals surface area (Å²) in [6.07, 6.45) is 6.95. The van der Waals surface area contributed by atoms with Crippen LogP contribution in [0.4, 0.5) is 17.1 Å². The number of rotatable bonds is 8. The first-order valence-electron chi connectivity index (χ1n) is 21.3. The molecule has 0 heterocycles. The molecule has 280 valence electrons. The molecule has 1 atom stereocenters. The van der Waals surface area contributed by atoms with Crippen molar-refractivity contribution >= 4 is 17.1 Å². The van der Waals surface area contributed by atoms with E-state index in [0.29, 0.717) is 5.92 Å². The van der Waals surface area contributed by atoms with E-state index in [1.165, 1.54) is 105 Å². The van der Waals surface area contributed by atoms with Crippen LogP contribution in [0.25, 0.3) is 33.4 Å². The maximum Gasteiger partial charge on any atom is 0.0714 e. The van der Waals surface area contributed by atoms with Gasteiger partial charge in [-0.05, 0) is 111 Å². The minimum Gasteiger partial charge on any atom is -0.309 e. The highest BCUT2D eigenvalue weighted by Crippen LogP contribution is 2.58. The van der Waals surface area contributed by atoms with Crippen LogP contribution >= 0.6 is 0 Å². The quantitative estimate of drug-likeness (QED) is 0.150. The van der Waals surface area contributed by atoms with Crippen molar-refractivity contribution in [2.75, 3.05) is 4.90 Å². The topological polar surface area (TPSA) is 3.24 Å². The summed E-state index contributed by atoms with van der Waals surface area (Å²) in [6, 6.07) is 77.1. The Balaban J connectivity index is 1.18. The number of nitrogens with zero attached hydrogens (tertiary/aromatic N) is 1. The number of anilines is 3. The van der Waals surface area contributed by atoms with E-state index < -0.39 is 5.41 Å². The van der Waals surface area contributed by atoms with Gasteiger partial charge in [-0.1, -0.05) is 195 Å². The first-order chi connectivity index (χ1) is 28.8. The number of hydrogen-bond acceptors (Lipinski definition) is 1. The average molecular weight is 746 g/mol. The van der Waals surface area contributed by atoms with Crippen molar-refractivity contribution in [1.82, 2.24) is 0 Å². The van der Waals surface area contributed by atoms with Gasteiger partial charge in [-0.3, -0.25) is 0 Å². The van der Waals surface area contributed by atoms with Crippen molar-refractivity contribution in [1.29, 1.82) is 0 Å². The van der Waals surface area contributed by atoms with Crippen molar-refractivity contribution in [3.63, 3.8) is 0 Å². The molecule has 0 radical (unpaired) electrons. The molecule has 4 aliphatic carbocycles. The van der Waals surface area contributed by atoms with E-state index in [4.69, 9.17) is 0 Å². The molecular weight excluding hydrogens is 699 g/mol. The second kappa shape index (κ2) is 14.5. The summed E-state index contributed by atoms with van der Waals surface area (Å²) in [7, 11) is 0. The predicted octanol–water partition coefficient (Wildman–Crippen LogP) is 15.1. The fraction of sp³-hybridized carbons (Fsp3) is 0.158. The lowest BCUT2D eigenvalue weighted by molar-refractivity contribution is 0.145. The smallest absolute Gasteiger partial charge is 0.0714 e. The van der Waals surface area contributed by atoms with Crippen LogP contribution in [0.2, 0.25) is 0 Å². The first-order valence-corrected chi connectivity index (χ1v) is 21.3. The lowest BCUT2D eigenvalue weighted by atomic mass is 9.63. The Labute approximate surface area is 343 Å². The molecule has 0 aromatic heterocycles. The zero-order valence-electron chi connectivity index (χ0n) is 32.8. The third kappa shape index (κ3) is 5.67. The van der Waals surface area contributed by atoms with Gasteiger partial charge in [0.2, 0.25) is 0 Å². The van der Waals surface area contributed by atoms with Crippen LogP contribution in [0.3, 0.4) is 0 Å². The third-order valence-electron chi connectivity index (χ3n) is 13.8. The molecule has 0 N–H and O–H groups in total.